The van der Waals surface area contributed by atoms with Gasteiger partial charge in [0, 0.05) is 19.1 Å². The van der Waals surface area contributed by atoms with Crippen molar-refractivity contribution >= 4 is 0 Å². The van der Waals surface area contributed by atoms with E-state index in [9.17, 15) is 0 Å². The van der Waals surface area contributed by atoms with E-state index in [0.717, 1.165) is 25.0 Å². The van der Waals surface area contributed by atoms with Crippen LogP contribution >= 0.6 is 0 Å². The molecule has 1 saturated carbocycles. The summed E-state index contributed by atoms with van der Waals surface area (Å²) < 4.78 is 0. The fraction of sp³-hybridized carbons (Fsp3) is 1.00. The topological polar surface area (TPSA) is 15.3 Å². The third-order valence-corrected chi connectivity index (χ3v) is 3.40. The maximum Gasteiger partial charge on any atom is 0.0104 e. The fourth-order valence-corrected chi connectivity index (χ4v) is 2.24. The minimum atomic E-state index is 0.795. The molecule has 0 bridgehead atoms. The van der Waals surface area contributed by atoms with Gasteiger partial charge in [-0.05, 0) is 32.4 Å². The Morgan fingerprint density at radius 1 is 1.36 bits per heavy atom. The van der Waals surface area contributed by atoms with Gasteiger partial charge >= 0.3 is 0 Å². The number of rotatable bonds is 5. The van der Waals surface area contributed by atoms with Gasteiger partial charge in [-0.2, -0.15) is 0 Å². The first-order valence-corrected chi connectivity index (χ1v) is 6.14. The van der Waals surface area contributed by atoms with Crippen LogP contribution in [0.5, 0.6) is 0 Å². The van der Waals surface area contributed by atoms with Crippen LogP contribution < -0.4 is 5.32 Å². The average Bonchev–Trinajstić information content (AvgIpc) is 2.17. The lowest BCUT2D eigenvalue weighted by atomic mass is 9.87. The summed E-state index contributed by atoms with van der Waals surface area (Å²) in [5.41, 5.74) is 0. The van der Waals surface area contributed by atoms with Crippen molar-refractivity contribution in [2.75, 3.05) is 26.7 Å². The van der Waals surface area contributed by atoms with Crippen LogP contribution in [0.25, 0.3) is 0 Å². The Balaban J connectivity index is 2.05. The van der Waals surface area contributed by atoms with Gasteiger partial charge in [-0.3, -0.25) is 0 Å². The SMILES string of the molecule is CCN(C)CCNC1CCCC(C)C1. The predicted molar refractivity (Wildman–Crippen MR) is 62.6 cm³/mol. The average molecular weight is 198 g/mol. The smallest absolute Gasteiger partial charge is 0.0104 e. The van der Waals surface area contributed by atoms with Gasteiger partial charge in [-0.15, -0.1) is 0 Å². The zero-order valence-electron chi connectivity index (χ0n) is 10.1. The Labute approximate surface area is 89.1 Å². The predicted octanol–water partition coefficient (Wildman–Crippen LogP) is 2.11. The van der Waals surface area contributed by atoms with E-state index >= 15 is 0 Å². The largest absolute Gasteiger partial charge is 0.313 e. The van der Waals surface area contributed by atoms with Gasteiger partial charge in [0.1, 0.15) is 0 Å². The number of hydrogen-bond donors (Lipinski definition) is 1. The zero-order chi connectivity index (χ0) is 10.4. The molecule has 0 spiro atoms. The highest BCUT2D eigenvalue weighted by Crippen LogP contribution is 2.23. The van der Waals surface area contributed by atoms with Crippen molar-refractivity contribution in [3.05, 3.63) is 0 Å². The summed E-state index contributed by atoms with van der Waals surface area (Å²) in [6.07, 6.45) is 5.63. The van der Waals surface area contributed by atoms with Crippen molar-refractivity contribution in [1.82, 2.24) is 10.2 Å². The molecule has 0 radical (unpaired) electrons. The zero-order valence-corrected chi connectivity index (χ0v) is 10.1. The van der Waals surface area contributed by atoms with E-state index in [1.54, 1.807) is 0 Å². The summed E-state index contributed by atoms with van der Waals surface area (Å²) in [6.45, 7) is 8.08. The van der Waals surface area contributed by atoms with E-state index in [1.807, 2.05) is 0 Å². The first-order chi connectivity index (χ1) is 6.72. The highest BCUT2D eigenvalue weighted by atomic mass is 15.1. The molecule has 1 fully saturated rings. The fourth-order valence-electron chi connectivity index (χ4n) is 2.24. The van der Waals surface area contributed by atoms with Gasteiger partial charge in [0.2, 0.25) is 0 Å². The molecule has 0 amide bonds. The minimum Gasteiger partial charge on any atom is -0.313 e. The summed E-state index contributed by atoms with van der Waals surface area (Å²) in [6, 6.07) is 0.795. The molecular formula is C12H26N2. The summed E-state index contributed by atoms with van der Waals surface area (Å²) in [5.74, 6) is 0.935. The first-order valence-electron chi connectivity index (χ1n) is 6.14. The number of hydrogen-bond acceptors (Lipinski definition) is 2. The van der Waals surface area contributed by atoms with Crippen molar-refractivity contribution in [3.63, 3.8) is 0 Å². The van der Waals surface area contributed by atoms with Gasteiger partial charge in [0.15, 0.2) is 0 Å². The van der Waals surface area contributed by atoms with E-state index in [4.69, 9.17) is 0 Å². The highest BCUT2D eigenvalue weighted by molar-refractivity contribution is 4.75. The second-order valence-corrected chi connectivity index (χ2v) is 4.82. The maximum atomic E-state index is 3.68. The minimum absolute atomic E-state index is 0.795. The van der Waals surface area contributed by atoms with Crippen LogP contribution in [0.2, 0.25) is 0 Å². The molecule has 0 aliphatic heterocycles. The molecule has 1 aliphatic rings. The molecule has 1 rings (SSSR count). The van der Waals surface area contributed by atoms with Gasteiger partial charge in [-0.25, -0.2) is 0 Å². The summed E-state index contributed by atoms with van der Waals surface area (Å²) >= 11 is 0. The lowest BCUT2D eigenvalue weighted by molar-refractivity contribution is 0.282. The summed E-state index contributed by atoms with van der Waals surface area (Å²) in [7, 11) is 2.19. The molecule has 2 unspecified atom stereocenters. The second kappa shape index (κ2) is 6.41. The van der Waals surface area contributed by atoms with Crippen molar-refractivity contribution in [3.8, 4) is 0 Å². The molecule has 2 heteroatoms. The Bertz CT molecular complexity index is 147. The molecule has 0 aromatic heterocycles. The Hall–Kier alpha value is -0.0800. The van der Waals surface area contributed by atoms with Crippen molar-refractivity contribution in [1.29, 1.82) is 0 Å². The van der Waals surface area contributed by atoms with Gasteiger partial charge < -0.3 is 10.2 Å². The molecule has 0 aromatic carbocycles. The molecule has 84 valence electrons. The van der Waals surface area contributed by atoms with Crippen LogP contribution in [0.4, 0.5) is 0 Å². The number of likely N-dealkylation sites (N-methyl/N-ethyl adjacent to an activating group) is 1. The molecule has 0 heterocycles. The Kier molecular flexibility index (Phi) is 5.49. The van der Waals surface area contributed by atoms with Crippen LogP contribution in [0, 0.1) is 5.92 Å². The number of nitrogens with zero attached hydrogens (tertiary/aromatic N) is 1. The molecule has 1 N–H and O–H groups in total. The quantitative estimate of drug-likeness (QED) is 0.728. The van der Waals surface area contributed by atoms with Gasteiger partial charge in [0.25, 0.3) is 0 Å². The van der Waals surface area contributed by atoms with E-state index in [0.29, 0.717) is 0 Å². The molecule has 14 heavy (non-hydrogen) atoms. The molecule has 2 nitrogen and oxygen atoms in total. The lowest BCUT2D eigenvalue weighted by Crippen LogP contribution is -2.38. The maximum absolute atomic E-state index is 3.68. The monoisotopic (exact) mass is 198 g/mol. The van der Waals surface area contributed by atoms with Crippen LogP contribution in [-0.4, -0.2) is 37.6 Å². The Morgan fingerprint density at radius 2 is 2.14 bits per heavy atom. The molecular weight excluding hydrogens is 172 g/mol. The van der Waals surface area contributed by atoms with Crippen LogP contribution in [0.15, 0.2) is 0 Å². The molecule has 0 saturated heterocycles. The van der Waals surface area contributed by atoms with Crippen molar-refractivity contribution in [2.24, 2.45) is 5.92 Å². The summed E-state index contributed by atoms with van der Waals surface area (Å²) in [4.78, 5) is 2.36. The molecule has 1 aliphatic carbocycles. The van der Waals surface area contributed by atoms with Crippen molar-refractivity contribution in [2.45, 2.75) is 45.6 Å². The van der Waals surface area contributed by atoms with E-state index in [-0.39, 0.29) is 0 Å². The first kappa shape index (κ1) is 12.0. The van der Waals surface area contributed by atoms with Gasteiger partial charge in [-0.1, -0.05) is 26.7 Å². The molecule has 2 atom stereocenters. The van der Waals surface area contributed by atoms with Crippen molar-refractivity contribution < 1.29 is 0 Å². The highest BCUT2D eigenvalue weighted by Gasteiger charge is 2.17. The van der Waals surface area contributed by atoms with Gasteiger partial charge in [0.05, 0.1) is 0 Å². The van der Waals surface area contributed by atoms with E-state index < -0.39 is 0 Å². The molecule has 0 aromatic rings. The van der Waals surface area contributed by atoms with E-state index in [1.165, 1.54) is 32.2 Å². The third kappa shape index (κ3) is 4.43. The Morgan fingerprint density at radius 3 is 2.79 bits per heavy atom. The van der Waals surface area contributed by atoms with Crippen LogP contribution in [0.1, 0.15) is 39.5 Å². The van der Waals surface area contributed by atoms with Crippen LogP contribution in [0.3, 0.4) is 0 Å². The summed E-state index contributed by atoms with van der Waals surface area (Å²) in [5, 5.41) is 3.68. The normalized spacial score (nSPS) is 28.3. The number of nitrogens with one attached hydrogen (secondary N) is 1. The lowest BCUT2D eigenvalue weighted by Gasteiger charge is -2.28. The van der Waals surface area contributed by atoms with E-state index in [2.05, 4.69) is 31.1 Å². The third-order valence-electron chi connectivity index (χ3n) is 3.40. The second-order valence-electron chi connectivity index (χ2n) is 4.82. The standard InChI is InChI=1S/C12H26N2/c1-4-14(3)9-8-13-12-7-5-6-11(2)10-12/h11-13H,4-10H2,1-3H3. The van der Waals surface area contributed by atoms with Crippen LogP contribution in [-0.2, 0) is 0 Å².